The fraction of sp³-hybridized carbons (Fsp3) is 0.333. The van der Waals surface area contributed by atoms with E-state index in [-0.39, 0.29) is 0 Å². The van der Waals surface area contributed by atoms with Crippen LogP contribution in [0, 0.1) is 6.92 Å². The van der Waals surface area contributed by atoms with E-state index in [4.69, 9.17) is 0 Å². The van der Waals surface area contributed by atoms with Crippen molar-refractivity contribution in [3.63, 3.8) is 0 Å². The molecule has 0 spiro atoms. The molecule has 1 unspecified atom stereocenters. The van der Waals surface area contributed by atoms with Gasteiger partial charge in [-0.15, -0.1) is 0 Å². The van der Waals surface area contributed by atoms with E-state index in [9.17, 15) is 0 Å². The van der Waals surface area contributed by atoms with Crippen LogP contribution >= 0.6 is 0 Å². The summed E-state index contributed by atoms with van der Waals surface area (Å²) in [6.45, 7) is 5.29. The Morgan fingerprint density at radius 2 is 2.05 bits per heavy atom. The summed E-state index contributed by atoms with van der Waals surface area (Å²) in [5, 5.41) is 4.60. The third kappa shape index (κ3) is 2.50. The van der Waals surface area contributed by atoms with Crippen LogP contribution in [0.1, 0.15) is 29.3 Å². The minimum atomic E-state index is 0.536. The first kappa shape index (κ1) is 13.5. The zero-order chi connectivity index (χ0) is 14.9. The van der Waals surface area contributed by atoms with Crippen LogP contribution in [0.5, 0.6) is 0 Å². The van der Waals surface area contributed by atoms with Gasteiger partial charge in [0.25, 0.3) is 0 Å². The highest BCUT2D eigenvalue weighted by Gasteiger charge is 2.26. The maximum absolute atomic E-state index is 4.60. The van der Waals surface area contributed by atoms with Gasteiger partial charge < -0.3 is 0 Å². The largest absolute Gasteiger partial charge is 0.298 e. The molecule has 4 rings (SSSR count). The van der Waals surface area contributed by atoms with E-state index in [1.807, 2.05) is 23.7 Å². The van der Waals surface area contributed by atoms with Crippen LogP contribution in [0.3, 0.4) is 0 Å². The Kier molecular flexibility index (Phi) is 3.39. The van der Waals surface area contributed by atoms with Gasteiger partial charge in [-0.05, 0) is 31.5 Å². The topological polar surface area (TPSA) is 33.4 Å². The molecule has 22 heavy (non-hydrogen) atoms. The molecule has 0 aliphatic carbocycles. The first-order valence-corrected chi connectivity index (χ1v) is 7.87. The van der Waals surface area contributed by atoms with Crippen LogP contribution in [-0.4, -0.2) is 32.6 Å². The maximum atomic E-state index is 4.60. The lowest BCUT2D eigenvalue weighted by molar-refractivity contribution is 0.326. The van der Waals surface area contributed by atoms with Crippen LogP contribution in [-0.2, 0) is 6.54 Å². The molecule has 0 bridgehead atoms. The van der Waals surface area contributed by atoms with Crippen molar-refractivity contribution < 1.29 is 0 Å². The summed E-state index contributed by atoms with van der Waals surface area (Å²) in [6, 6.07) is 14.9. The van der Waals surface area contributed by atoms with Gasteiger partial charge in [0.15, 0.2) is 5.65 Å². The molecule has 1 saturated heterocycles. The molecule has 0 radical (unpaired) electrons. The second-order valence-electron chi connectivity index (χ2n) is 6.13. The van der Waals surface area contributed by atoms with E-state index in [1.165, 1.54) is 17.7 Å². The Morgan fingerprint density at radius 1 is 1.18 bits per heavy atom. The minimum absolute atomic E-state index is 0.536. The first-order chi connectivity index (χ1) is 10.8. The Bertz CT molecular complexity index is 778. The summed E-state index contributed by atoms with van der Waals surface area (Å²) in [5.41, 5.74) is 4.65. The Hall–Kier alpha value is -2.20. The fourth-order valence-corrected chi connectivity index (χ4v) is 3.40. The molecule has 1 fully saturated rings. The monoisotopic (exact) mass is 292 g/mol. The van der Waals surface area contributed by atoms with E-state index in [2.05, 4.69) is 51.4 Å². The molecule has 3 aromatic rings. The van der Waals surface area contributed by atoms with Gasteiger partial charge >= 0.3 is 0 Å². The number of hydrogen-bond donors (Lipinski definition) is 0. The van der Waals surface area contributed by atoms with Gasteiger partial charge in [-0.3, -0.25) is 4.90 Å². The smallest absolute Gasteiger partial charge is 0.155 e. The minimum Gasteiger partial charge on any atom is -0.298 e. The van der Waals surface area contributed by atoms with Gasteiger partial charge in [0.2, 0.25) is 0 Å². The predicted molar refractivity (Wildman–Crippen MR) is 86.8 cm³/mol. The first-order valence-electron chi connectivity index (χ1n) is 7.87. The predicted octanol–water partition coefficient (Wildman–Crippen LogP) is 3.03. The van der Waals surface area contributed by atoms with Crippen LogP contribution < -0.4 is 0 Å². The lowest BCUT2D eigenvalue weighted by Crippen LogP contribution is -2.20. The molecule has 112 valence electrons. The van der Waals surface area contributed by atoms with Crippen molar-refractivity contribution in [1.29, 1.82) is 0 Å². The van der Waals surface area contributed by atoms with Gasteiger partial charge in [0.05, 0.1) is 11.4 Å². The summed E-state index contributed by atoms with van der Waals surface area (Å²) in [6.07, 6.45) is 3.09. The fourth-order valence-electron chi connectivity index (χ4n) is 3.40. The summed E-state index contributed by atoms with van der Waals surface area (Å²) in [7, 11) is 0. The molecule has 4 heteroatoms. The number of nitrogens with zero attached hydrogens (tertiary/aromatic N) is 4. The van der Waals surface area contributed by atoms with Gasteiger partial charge in [-0.1, -0.05) is 30.3 Å². The lowest BCUT2D eigenvalue weighted by Gasteiger charge is -2.16. The number of rotatable bonds is 3. The highest BCUT2D eigenvalue weighted by molar-refractivity contribution is 5.40. The molecule has 2 aromatic heterocycles. The van der Waals surface area contributed by atoms with E-state index in [0.29, 0.717) is 5.92 Å². The average molecular weight is 292 g/mol. The zero-order valence-corrected chi connectivity index (χ0v) is 12.8. The van der Waals surface area contributed by atoms with Crippen molar-refractivity contribution in [1.82, 2.24) is 19.5 Å². The summed E-state index contributed by atoms with van der Waals surface area (Å²) < 4.78 is 2.02. The number of hydrogen-bond acceptors (Lipinski definition) is 3. The molecule has 1 aromatic carbocycles. The summed E-state index contributed by atoms with van der Waals surface area (Å²) >= 11 is 0. The number of aromatic nitrogens is 3. The number of fused-ring (bicyclic) bond motifs is 1. The van der Waals surface area contributed by atoms with Crippen LogP contribution in [0.25, 0.3) is 5.65 Å². The molecule has 3 heterocycles. The van der Waals surface area contributed by atoms with E-state index in [0.717, 1.165) is 31.0 Å². The van der Waals surface area contributed by atoms with E-state index in [1.54, 1.807) is 0 Å². The van der Waals surface area contributed by atoms with Crippen molar-refractivity contribution in [2.45, 2.75) is 25.8 Å². The van der Waals surface area contributed by atoms with Gasteiger partial charge in [0.1, 0.15) is 0 Å². The van der Waals surface area contributed by atoms with E-state index < -0.39 is 0 Å². The standard InChI is InChI=1S/C18H20N4/c1-14-11-18-19-9-7-17(22(18)20-14)16-8-10-21(13-16)12-15-5-3-2-4-6-15/h2-7,9,11,16H,8,10,12-13H2,1H3. The van der Waals surface area contributed by atoms with Gasteiger partial charge in [0, 0.05) is 31.3 Å². The van der Waals surface area contributed by atoms with Crippen LogP contribution in [0.15, 0.2) is 48.7 Å². The SMILES string of the molecule is Cc1cc2nccc(C3CCN(Cc4ccccc4)C3)n2n1. The Labute approximate surface area is 130 Å². The lowest BCUT2D eigenvalue weighted by atomic mass is 10.0. The third-order valence-corrected chi connectivity index (χ3v) is 4.45. The number of benzene rings is 1. The molecular formula is C18H20N4. The molecule has 0 saturated carbocycles. The highest BCUT2D eigenvalue weighted by Crippen LogP contribution is 2.28. The second-order valence-corrected chi connectivity index (χ2v) is 6.13. The van der Waals surface area contributed by atoms with Crippen molar-refractivity contribution in [2.24, 2.45) is 0 Å². The third-order valence-electron chi connectivity index (χ3n) is 4.45. The van der Waals surface area contributed by atoms with Gasteiger partial charge in [-0.2, -0.15) is 5.10 Å². The normalized spacial score (nSPS) is 19.0. The highest BCUT2D eigenvalue weighted by atomic mass is 15.3. The number of aryl methyl sites for hydroxylation is 1. The van der Waals surface area contributed by atoms with Gasteiger partial charge in [-0.25, -0.2) is 9.50 Å². The molecule has 4 nitrogen and oxygen atoms in total. The maximum Gasteiger partial charge on any atom is 0.155 e. The van der Waals surface area contributed by atoms with Crippen molar-refractivity contribution in [3.8, 4) is 0 Å². The summed E-state index contributed by atoms with van der Waals surface area (Å²) in [4.78, 5) is 6.94. The number of likely N-dealkylation sites (tertiary alicyclic amines) is 1. The van der Waals surface area contributed by atoms with Crippen LogP contribution in [0.4, 0.5) is 0 Å². The Balaban J connectivity index is 1.54. The van der Waals surface area contributed by atoms with Crippen molar-refractivity contribution in [2.75, 3.05) is 13.1 Å². The van der Waals surface area contributed by atoms with Crippen LogP contribution in [0.2, 0.25) is 0 Å². The van der Waals surface area contributed by atoms with Crippen molar-refractivity contribution >= 4 is 5.65 Å². The molecular weight excluding hydrogens is 272 g/mol. The Morgan fingerprint density at radius 3 is 2.91 bits per heavy atom. The summed E-state index contributed by atoms with van der Waals surface area (Å²) in [5.74, 6) is 0.536. The average Bonchev–Trinajstić information content (AvgIpc) is 3.13. The molecule has 0 amide bonds. The second kappa shape index (κ2) is 5.54. The molecule has 0 N–H and O–H groups in total. The quantitative estimate of drug-likeness (QED) is 0.744. The van der Waals surface area contributed by atoms with Crippen molar-refractivity contribution in [3.05, 3.63) is 65.6 Å². The molecule has 1 aliphatic rings. The zero-order valence-electron chi connectivity index (χ0n) is 12.8. The molecule has 1 atom stereocenters. The van der Waals surface area contributed by atoms with E-state index >= 15 is 0 Å². The molecule has 1 aliphatic heterocycles.